The minimum atomic E-state index is 0.221. The molecule has 92 valence electrons. The van der Waals surface area contributed by atoms with Crippen LogP contribution in [0.25, 0.3) is 0 Å². The van der Waals surface area contributed by atoms with Crippen molar-refractivity contribution >= 4 is 27.3 Å². The van der Waals surface area contributed by atoms with Gasteiger partial charge in [0.05, 0.1) is 3.79 Å². The van der Waals surface area contributed by atoms with Gasteiger partial charge in [-0.05, 0) is 40.9 Å². The summed E-state index contributed by atoms with van der Waals surface area (Å²) in [6.45, 7) is 2.55. The first-order valence-electron chi connectivity index (χ1n) is 5.42. The van der Waals surface area contributed by atoms with Gasteiger partial charge in [-0.2, -0.15) is 0 Å². The Bertz CT molecular complexity index is 293. The minimum absolute atomic E-state index is 0.221. The smallest absolute Gasteiger partial charge is 0.0701 e. The van der Waals surface area contributed by atoms with Crippen molar-refractivity contribution in [2.75, 3.05) is 20.3 Å². The number of hydrogen-bond donors (Lipinski definition) is 2. The average molecular weight is 307 g/mol. The first-order chi connectivity index (χ1) is 7.72. The Morgan fingerprint density at radius 1 is 1.56 bits per heavy atom. The summed E-state index contributed by atoms with van der Waals surface area (Å²) in [5, 5.41) is 3.37. The van der Waals surface area contributed by atoms with Crippen molar-refractivity contribution in [3.63, 3.8) is 0 Å². The van der Waals surface area contributed by atoms with Crippen molar-refractivity contribution in [3.8, 4) is 0 Å². The van der Waals surface area contributed by atoms with E-state index in [9.17, 15) is 0 Å². The molecule has 1 aromatic heterocycles. The summed E-state index contributed by atoms with van der Waals surface area (Å²) >= 11 is 5.20. The van der Waals surface area contributed by atoms with E-state index < -0.39 is 0 Å². The lowest BCUT2D eigenvalue weighted by atomic mass is 10.2. The van der Waals surface area contributed by atoms with E-state index in [0.717, 1.165) is 32.5 Å². The molecule has 0 amide bonds. The van der Waals surface area contributed by atoms with Gasteiger partial charge in [-0.3, -0.25) is 0 Å². The van der Waals surface area contributed by atoms with E-state index in [1.807, 2.05) is 0 Å². The van der Waals surface area contributed by atoms with Gasteiger partial charge in [-0.15, -0.1) is 11.3 Å². The predicted molar refractivity (Wildman–Crippen MR) is 72.8 cm³/mol. The first-order valence-corrected chi connectivity index (χ1v) is 7.02. The number of rotatable bonds is 8. The molecule has 0 saturated carbocycles. The molecular weight excluding hydrogens is 288 g/mol. The topological polar surface area (TPSA) is 47.3 Å². The normalized spacial score (nSPS) is 12.9. The highest BCUT2D eigenvalue weighted by Crippen LogP contribution is 2.21. The molecule has 1 atom stereocenters. The Kier molecular flexibility index (Phi) is 7.23. The van der Waals surface area contributed by atoms with Gasteiger partial charge in [0.1, 0.15) is 0 Å². The second-order valence-corrected chi connectivity index (χ2v) is 6.28. The summed E-state index contributed by atoms with van der Waals surface area (Å²) in [7, 11) is 1.72. The van der Waals surface area contributed by atoms with Gasteiger partial charge in [0.15, 0.2) is 0 Å². The van der Waals surface area contributed by atoms with Gasteiger partial charge in [-0.1, -0.05) is 0 Å². The maximum Gasteiger partial charge on any atom is 0.0701 e. The Morgan fingerprint density at radius 3 is 3.00 bits per heavy atom. The summed E-state index contributed by atoms with van der Waals surface area (Å²) in [5.41, 5.74) is 5.96. The van der Waals surface area contributed by atoms with E-state index >= 15 is 0 Å². The molecule has 0 radical (unpaired) electrons. The average Bonchev–Trinajstić information content (AvgIpc) is 2.65. The van der Waals surface area contributed by atoms with Gasteiger partial charge in [-0.25, -0.2) is 0 Å². The monoisotopic (exact) mass is 306 g/mol. The lowest BCUT2D eigenvalue weighted by Gasteiger charge is -2.11. The van der Waals surface area contributed by atoms with Crippen LogP contribution in [0.2, 0.25) is 0 Å². The summed E-state index contributed by atoms with van der Waals surface area (Å²) in [6.07, 6.45) is 2.04. The summed E-state index contributed by atoms with van der Waals surface area (Å²) in [6, 6.07) is 4.41. The number of methoxy groups -OCH3 is 1. The Labute approximate surface area is 109 Å². The molecule has 0 aliphatic carbocycles. The number of hydrogen-bond acceptors (Lipinski definition) is 4. The maximum absolute atomic E-state index is 5.96. The predicted octanol–water partition coefficient (Wildman–Crippen LogP) is 2.35. The van der Waals surface area contributed by atoms with Gasteiger partial charge in [0, 0.05) is 37.7 Å². The van der Waals surface area contributed by atoms with Gasteiger partial charge < -0.3 is 15.8 Å². The highest BCUT2D eigenvalue weighted by molar-refractivity contribution is 9.11. The quantitative estimate of drug-likeness (QED) is 0.725. The zero-order chi connectivity index (χ0) is 11.8. The summed E-state index contributed by atoms with van der Waals surface area (Å²) < 4.78 is 6.16. The highest BCUT2D eigenvalue weighted by atomic mass is 79.9. The van der Waals surface area contributed by atoms with Crippen LogP contribution in [0.5, 0.6) is 0 Å². The number of thiophene rings is 1. The fraction of sp³-hybridized carbons (Fsp3) is 0.636. The maximum atomic E-state index is 5.96. The second kappa shape index (κ2) is 8.20. The van der Waals surface area contributed by atoms with Crippen LogP contribution < -0.4 is 11.1 Å². The van der Waals surface area contributed by atoms with Crippen LogP contribution in [0.1, 0.15) is 17.7 Å². The Morgan fingerprint density at radius 2 is 2.38 bits per heavy atom. The van der Waals surface area contributed by atoms with E-state index in [1.165, 1.54) is 8.66 Å². The van der Waals surface area contributed by atoms with E-state index in [-0.39, 0.29) is 6.04 Å². The van der Waals surface area contributed by atoms with Crippen LogP contribution in [0.15, 0.2) is 15.9 Å². The van der Waals surface area contributed by atoms with E-state index in [4.69, 9.17) is 10.5 Å². The van der Waals surface area contributed by atoms with Crippen molar-refractivity contribution in [3.05, 3.63) is 20.8 Å². The molecule has 0 saturated heterocycles. The molecule has 1 heterocycles. The Hall–Kier alpha value is 0.0600. The van der Waals surface area contributed by atoms with Crippen molar-refractivity contribution in [1.82, 2.24) is 5.32 Å². The molecule has 1 aromatic rings. The molecule has 0 spiro atoms. The fourth-order valence-electron chi connectivity index (χ4n) is 1.42. The zero-order valence-electron chi connectivity index (χ0n) is 9.54. The van der Waals surface area contributed by atoms with E-state index in [0.29, 0.717) is 0 Å². The molecular formula is C11H19BrN2OS. The molecule has 1 rings (SSSR count). The van der Waals surface area contributed by atoms with Crippen molar-refractivity contribution in [2.24, 2.45) is 5.73 Å². The van der Waals surface area contributed by atoms with E-state index in [2.05, 4.69) is 33.4 Å². The van der Waals surface area contributed by atoms with Crippen LogP contribution in [0, 0.1) is 0 Å². The van der Waals surface area contributed by atoms with Crippen molar-refractivity contribution < 1.29 is 4.74 Å². The number of ether oxygens (including phenoxy) is 1. The molecule has 0 bridgehead atoms. The van der Waals surface area contributed by atoms with Crippen LogP contribution in [0.4, 0.5) is 0 Å². The van der Waals surface area contributed by atoms with Crippen molar-refractivity contribution in [2.45, 2.75) is 25.4 Å². The number of nitrogens with two attached hydrogens (primary N) is 1. The van der Waals surface area contributed by atoms with Gasteiger partial charge in [0.2, 0.25) is 0 Å². The number of nitrogens with one attached hydrogen (secondary N) is 1. The van der Waals surface area contributed by atoms with Crippen molar-refractivity contribution in [1.29, 1.82) is 0 Å². The molecule has 16 heavy (non-hydrogen) atoms. The molecule has 1 unspecified atom stereocenters. The molecule has 5 heteroatoms. The summed E-state index contributed by atoms with van der Waals surface area (Å²) in [4.78, 5) is 1.33. The molecule has 3 N–H and O–H groups in total. The van der Waals surface area contributed by atoms with Crippen LogP contribution in [-0.4, -0.2) is 26.3 Å². The molecule has 0 aromatic carbocycles. The van der Waals surface area contributed by atoms with Gasteiger partial charge >= 0.3 is 0 Å². The standard InChI is InChI=1S/C11H19BrN2OS/c1-15-6-2-3-9(13)7-14-8-10-4-5-11(12)16-10/h4-5,9,14H,2-3,6-8,13H2,1H3. The largest absolute Gasteiger partial charge is 0.385 e. The first kappa shape index (κ1) is 14.1. The Balaban J connectivity index is 2.06. The summed E-state index contributed by atoms with van der Waals surface area (Å²) in [5.74, 6) is 0. The number of halogens is 1. The van der Waals surface area contributed by atoms with Crippen LogP contribution >= 0.6 is 27.3 Å². The molecule has 0 fully saturated rings. The third-order valence-electron chi connectivity index (χ3n) is 2.26. The van der Waals surface area contributed by atoms with Gasteiger partial charge in [0.25, 0.3) is 0 Å². The lowest BCUT2D eigenvalue weighted by Crippen LogP contribution is -2.33. The highest BCUT2D eigenvalue weighted by Gasteiger charge is 2.02. The SMILES string of the molecule is COCCCC(N)CNCc1ccc(Br)s1. The zero-order valence-corrected chi connectivity index (χ0v) is 11.9. The molecule has 3 nitrogen and oxygen atoms in total. The van der Waals surface area contributed by atoms with Crippen LogP contribution in [-0.2, 0) is 11.3 Å². The second-order valence-electron chi connectivity index (χ2n) is 3.73. The third-order valence-corrected chi connectivity index (χ3v) is 3.88. The third kappa shape index (κ3) is 5.96. The minimum Gasteiger partial charge on any atom is -0.385 e. The molecule has 0 aliphatic rings. The van der Waals surface area contributed by atoms with E-state index in [1.54, 1.807) is 18.4 Å². The lowest BCUT2D eigenvalue weighted by molar-refractivity contribution is 0.190. The fourth-order valence-corrected chi connectivity index (χ4v) is 2.87. The van der Waals surface area contributed by atoms with Crippen LogP contribution in [0.3, 0.4) is 0 Å². The molecule has 0 aliphatic heterocycles.